The number of imidazole rings is 1. The average Bonchev–Trinajstić information content (AvgIpc) is 2.67. The van der Waals surface area contributed by atoms with E-state index in [1.165, 1.54) is 12.1 Å². The van der Waals surface area contributed by atoms with Gasteiger partial charge in [-0.05, 0) is 38.5 Å². The summed E-state index contributed by atoms with van der Waals surface area (Å²) in [5.41, 5.74) is 7.52. The summed E-state index contributed by atoms with van der Waals surface area (Å²) in [6.45, 7) is 6.22. The molecule has 5 heteroatoms. The number of aromatic nitrogens is 2. The van der Waals surface area contributed by atoms with Crippen molar-refractivity contribution in [2.45, 2.75) is 39.7 Å². The first-order chi connectivity index (χ1) is 9.45. The molecule has 3 nitrogen and oxygen atoms in total. The summed E-state index contributed by atoms with van der Waals surface area (Å²) >= 11 is 6.11. The Kier molecular flexibility index (Phi) is 4.33. The Labute approximate surface area is 123 Å². The Morgan fingerprint density at radius 1 is 1.40 bits per heavy atom. The van der Waals surface area contributed by atoms with Crippen molar-refractivity contribution in [2.24, 2.45) is 0 Å². The maximum absolute atomic E-state index is 13.2. The molecular weight excluding hydrogens is 277 g/mol. The average molecular weight is 296 g/mol. The number of nitrogens with two attached hydrogens (primary N) is 1. The highest BCUT2D eigenvalue weighted by molar-refractivity contribution is 6.33. The van der Waals surface area contributed by atoms with Gasteiger partial charge in [0.05, 0.1) is 5.02 Å². The van der Waals surface area contributed by atoms with Crippen molar-refractivity contribution in [3.05, 3.63) is 34.9 Å². The number of hydrogen-bond donors (Lipinski definition) is 1. The van der Waals surface area contributed by atoms with Gasteiger partial charge in [-0.3, -0.25) is 0 Å². The molecular formula is C15H19ClFN3. The molecule has 0 aliphatic heterocycles. The molecule has 0 unspecified atom stereocenters. The number of rotatable bonds is 4. The van der Waals surface area contributed by atoms with E-state index in [0.717, 1.165) is 18.7 Å². The van der Waals surface area contributed by atoms with Crippen molar-refractivity contribution in [1.82, 2.24) is 9.55 Å². The molecule has 1 aromatic carbocycles. The summed E-state index contributed by atoms with van der Waals surface area (Å²) in [5.74, 6) is 1.15. The van der Waals surface area contributed by atoms with E-state index in [9.17, 15) is 4.39 Å². The van der Waals surface area contributed by atoms with Crippen LogP contribution in [0, 0.1) is 5.82 Å². The number of aryl methyl sites for hydroxylation is 1. The van der Waals surface area contributed by atoms with Gasteiger partial charge in [0.2, 0.25) is 0 Å². The van der Waals surface area contributed by atoms with Crippen LogP contribution in [0.5, 0.6) is 0 Å². The van der Waals surface area contributed by atoms with Crippen molar-refractivity contribution in [3.63, 3.8) is 0 Å². The second-order valence-electron chi connectivity index (χ2n) is 5.10. The van der Waals surface area contributed by atoms with Gasteiger partial charge >= 0.3 is 0 Å². The largest absolute Gasteiger partial charge is 0.383 e. The molecule has 2 N–H and O–H groups in total. The molecule has 1 heterocycles. The van der Waals surface area contributed by atoms with Gasteiger partial charge in [-0.15, -0.1) is 0 Å². The first-order valence-electron chi connectivity index (χ1n) is 6.77. The summed E-state index contributed by atoms with van der Waals surface area (Å²) in [6, 6.07) is 4.49. The number of hydrogen-bond acceptors (Lipinski definition) is 2. The number of halogens is 2. The van der Waals surface area contributed by atoms with Crippen molar-refractivity contribution in [3.8, 4) is 11.3 Å². The Morgan fingerprint density at radius 2 is 2.10 bits per heavy atom. The van der Waals surface area contributed by atoms with E-state index >= 15 is 0 Å². The normalized spacial score (nSPS) is 11.3. The number of nitrogen functional groups attached to an aromatic ring is 1. The predicted molar refractivity (Wildman–Crippen MR) is 81.4 cm³/mol. The molecule has 0 aliphatic carbocycles. The Balaban J connectivity index is 2.60. The smallest absolute Gasteiger partial charge is 0.132 e. The zero-order valence-electron chi connectivity index (χ0n) is 12.0. The molecule has 1 aromatic heterocycles. The zero-order valence-corrected chi connectivity index (χ0v) is 12.7. The highest BCUT2D eigenvalue weighted by Gasteiger charge is 2.19. The first-order valence-corrected chi connectivity index (χ1v) is 7.15. The van der Waals surface area contributed by atoms with Gasteiger partial charge < -0.3 is 10.3 Å². The van der Waals surface area contributed by atoms with Gasteiger partial charge in [-0.25, -0.2) is 9.37 Å². The van der Waals surface area contributed by atoms with Crippen LogP contribution in [0.4, 0.5) is 10.2 Å². The highest BCUT2D eigenvalue weighted by Crippen LogP contribution is 2.34. The van der Waals surface area contributed by atoms with Gasteiger partial charge in [-0.2, -0.15) is 0 Å². The second-order valence-corrected chi connectivity index (χ2v) is 5.51. The SMILES string of the molecule is CCCc1nc(-c2ccc(F)cc2Cl)c(N)n1C(C)C. The van der Waals surface area contributed by atoms with Gasteiger partial charge in [0.25, 0.3) is 0 Å². The maximum Gasteiger partial charge on any atom is 0.132 e. The van der Waals surface area contributed by atoms with Crippen LogP contribution in [0.25, 0.3) is 11.3 Å². The molecule has 2 rings (SSSR count). The van der Waals surface area contributed by atoms with E-state index in [1.807, 2.05) is 4.57 Å². The lowest BCUT2D eigenvalue weighted by Crippen LogP contribution is -2.09. The van der Waals surface area contributed by atoms with E-state index in [-0.39, 0.29) is 11.9 Å². The summed E-state index contributed by atoms with van der Waals surface area (Å²) in [4.78, 5) is 4.61. The third kappa shape index (κ3) is 2.66. The van der Waals surface area contributed by atoms with Crippen LogP contribution >= 0.6 is 11.6 Å². The monoisotopic (exact) mass is 295 g/mol. The van der Waals surface area contributed by atoms with E-state index in [4.69, 9.17) is 17.3 Å². The minimum absolute atomic E-state index is 0.219. The van der Waals surface area contributed by atoms with Crippen LogP contribution in [0.3, 0.4) is 0 Å². The Hall–Kier alpha value is -1.55. The second kappa shape index (κ2) is 5.83. The zero-order chi connectivity index (χ0) is 14.9. The lowest BCUT2D eigenvalue weighted by Gasteiger charge is -2.13. The van der Waals surface area contributed by atoms with Gasteiger partial charge in [0.1, 0.15) is 23.2 Å². The van der Waals surface area contributed by atoms with Crippen LogP contribution < -0.4 is 5.73 Å². The fraction of sp³-hybridized carbons (Fsp3) is 0.400. The first kappa shape index (κ1) is 14.9. The molecule has 0 radical (unpaired) electrons. The van der Waals surface area contributed by atoms with Crippen molar-refractivity contribution < 1.29 is 4.39 Å². The lowest BCUT2D eigenvalue weighted by atomic mass is 10.1. The van der Waals surface area contributed by atoms with Crippen molar-refractivity contribution in [2.75, 3.05) is 5.73 Å². The van der Waals surface area contributed by atoms with Gasteiger partial charge in [0, 0.05) is 18.0 Å². The predicted octanol–water partition coefficient (Wildman–Crippen LogP) is 4.46. The molecule has 0 spiro atoms. The number of anilines is 1. The van der Waals surface area contributed by atoms with Crippen molar-refractivity contribution in [1.29, 1.82) is 0 Å². The van der Waals surface area contributed by atoms with Gasteiger partial charge in [0.15, 0.2) is 0 Å². The Bertz CT molecular complexity index is 620. The highest BCUT2D eigenvalue weighted by atomic mass is 35.5. The summed E-state index contributed by atoms with van der Waals surface area (Å²) in [5, 5.41) is 0.327. The topological polar surface area (TPSA) is 43.8 Å². The van der Waals surface area contributed by atoms with Crippen LogP contribution in [-0.2, 0) is 6.42 Å². The molecule has 0 atom stereocenters. The van der Waals surface area contributed by atoms with Crippen molar-refractivity contribution >= 4 is 17.4 Å². The standard InChI is InChI=1S/C15H19ClFN3/c1-4-5-13-19-14(15(18)20(13)9(2)3)11-7-6-10(17)8-12(11)16/h6-9H,4-5,18H2,1-3H3. The number of benzene rings is 1. The molecule has 0 saturated carbocycles. The van der Waals surface area contributed by atoms with Crippen LogP contribution in [-0.4, -0.2) is 9.55 Å². The molecule has 108 valence electrons. The molecule has 0 aliphatic rings. The van der Waals surface area contributed by atoms with E-state index in [1.54, 1.807) is 6.07 Å². The van der Waals surface area contributed by atoms with Crippen LogP contribution in [0.2, 0.25) is 5.02 Å². The third-order valence-electron chi connectivity index (χ3n) is 3.20. The molecule has 20 heavy (non-hydrogen) atoms. The minimum atomic E-state index is -0.366. The number of nitrogens with zero attached hydrogens (tertiary/aromatic N) is 2. The van der Waals surface area contributed by atoms with Gasteiger partial charge in [-0.1, -0.05) is 18.5 Å². The summed E-state index contributed by atoms with van der Waals surface area (Å²) in [7, 11) is 0. The quantitative estimate of drug-likeness (QED) is 0.905. The third-order valence-corrected chi connectivity index (χ3v) is 3.51. The fourth-order valence-electron chi connectivity index (χ4n) is 2.35. The minimum Gasteiger partial charge on any atom is -0.383 e. The molecule has 0 fully saturated rings. The summed E-state index contributed by atoms with van der Waals surface area (Å²) in [6.07, 6.45) is 1.83. The molecule has 0 bridgehead atoms. The lowest BCUT2D eigenvalue weighted by molar-refractivity contribution is 0.571. The van der Waals surface area contributed by atoms with Crippen LogP contribution in [0.1, 0.15) is 39.1 Å². The van der Waals surface area contributed by atoms with Crippen LogP contribution in [0.15, 0.2) is 18.2 Å². The summed E-state index contributed by atoms with van der Waals surface area (Å²) < 4.78 is 15.2. The Morgan fingerprint density at radius 3 is 2.65 bits per heavy atom. The molecule has 0 saturated heterocycles. The van der Waals surface area contributed by atoms with E-state index in [2.05, 4.69) is 25.8 Å². The van der Waals surface area contributed by atoms with E-state index in [0.29, 0.717) is 22.1 Å². The molecule has 2 aromatic rings. The fourth-order valence-corrected chi connectivity index (χ4v) is 2.61. The van der Waals surface area contributed by atoms with E-state index < -0.39 is 0 Å². The maximum atomic E-state index is 13.2. The molecule has 0 amide bonds.